The van der Waals surface area contributed by atoms with E-state index in [4.69, 9.17) is 9.15 Å². The van der Waals surface area contributed by atoms with Crippen LogP contribution in [0.1, 0.15) is 19.5 Å². The second-order valence-electron chi connectivity index (χ2n) is 6.46. The van der Waals surface area contributed by atoms with Gasteiger partial charge in [0.15, 0.2) is 21.9 Å². The molecular formula is C21H21N5O3S2. The molecule has 0 saturated carbocycles. The van der Waals surface area contributed by atoms with Crippen LogP contribution in [-0.2, 0) is 17.1 Å². The van der Waals surface area contributed by atoms with Crippen molar-refractivity contribution in [1.29, 1.82) is 0 Å². The van der Waals surface area contributed by atoms with Crippen molar-refractivity contribution in [1.82, 2.24) is 19.7 Å². The molecule has 0 N–H and O–H groups in total. The summed E-state index contributed by atoms with van der Waals surface area (Å²) in [7, 11) is 1.59. The lowest BCUT2D eigenvalue weighted by molar-refractivity contribution is -0.115. The van der Waals surface area contributed by atoms with Gasteiger partial charge in [-0.2, -0.15) is 0 Å². The van der Waals surface area contributed by atoms with Crippen LogP contribution in [0.4, 0.5) is 10.8 Å². The Balaban J connectivity index is 1.54. The van der Waals surface area contributed by atoms with Gasteiger partial charge in [-0.05, 0) is 31.2 Å². The molecule has 1 aromatic carbocycles. The number of thiazole rings is 1. The van der Waals surface area contributed by atoms with E-state index >= 15 is 0 Å². The molecule has 3 aromatic heterocycles. The number of amides is 1. The lowest BCUT2D eigenvalue weighted by atomic mass is 10.2. The number of thioether (sulfide) groups is 1. The highest BCUT2D eigenvalue weighted by molar-refractivity contribution is 7.98. The fourth-order valence-electron chi connectivity index (χ4n) is 3.09. The minimum atomic E-state index is -0.133. The molecule has 0 saturated heterocycles. The van der Waals surface area contributed by atoms with Crippen molar-refractivity contribution < 1.29 is 13.9 Å². The molecule has 0 fully saturated rings. The summed E-state index contributed by atoms with van der Waals surface area (Å²) in [6, 6.07) is 11.1. The number of para-hydroxylation sites is 2. The number of benzene rings is 1. The molecule has 0 radical (unpaired) electrons. The number of furan rings is 1. The quantitative estimate of drug-likeness (QED) is 0.346. The molecule has 0 atom stereocenters. The number of methoxy groups -OCH3 is 1. The summed E-state index contributed by atoms with van der Waals surface area (Å²) in [5.74, 6) is 2.47. The van der Waals surface area contributed by atoms with Gasteiger partial charge in [0.05, 0.1) is 24.8 Å². The Morgan fingerprint density at radius 1 is 1.26 bits per heavy atom. The third kappa shape index (κ3) is 4.35. The number of anilines is 2. The Hall–Kier alpha value is -3.11. The smallest absolute Gasteiger partial charge is 0.230 e. The first-order valence-electron chi connectivity index (χ1n) is 9.60. The summed E-state index contributed by atoms with van der Waals surface area (Å²) in [4.78, 5) is 18.7. The molecule has 0 spiro atoms. The molecule has 0 bridgehead atoms. The molecule has 4 aromatic rings. The van der Waals surface area contributed by atoms with Gasteiger partial charge in [0.2, 0.25) is 5.91 Å². The van der Waals surface area contributed by atoms with Crippen LogP contribution in [0, 0.1) is 0 Å². The second kappa shape index (κ2) is 9.36. The van der Waals surface area contributed by atoms with Crippen LogP contribution in [-0.4, -0.2) is 32.8 Å². The van der Waals surface area contributed by atoms with E-state index in [-0.39, 0.29) is 5.91 Å². The molecule has 0 unspecified atom stereocenters. The summed E-state index contributed by atoms with van der Waals surface area (Å²) in [6.07, 6.45) is 1.62. The Labute approximate surface area is 187 Å². The maximum atomic E-state index is 12.4. The van der Waals surface area contributed by atoms with Crippen molar-refractivity contribution >= 4 is 39.8 Å². The summed E-state index contributed by atoms with van der Waals surface area (Å²) in [5, 5.41) is 11.9. The highest BCUT2D eigenvalue weighted by Crippen LogP contribution is 2.36. The molecule has 10 heteroatoms. The molecular weight excluding hydrogens is 434 g/mol. The Morgan fingerprint density at radius 3 is 2.81 bits per heavy atom. The Morgan fingerprint density at radius 2 is 2.10 bits per heavy atom. The van der Waals surface area contributed by atoms with Crippen LogP contribution in [0.5, 0.6) is 5.75 Å². The van der Waals surface area contributed by atoms with Crippen LogP contribution in [0.15, 0.2) is 57.6 Å². The Kier molecular flexibility index (Phi) is 6.38. The molecule has 0 aliphatic carbocycles. The molecule has 3 heterocycles. The lowest BCUT2D eigenvalue weighted by Gasteiger charge is -2.20. The first-order chi connectivity index (χ1) is 15.1. The predicted octanol–water partition coefficient (Wildman–Crippen LogP) is 5.00. The van der Waals surface area contributed by atoms with Crippen molar-refractivity contribution in [3.63, 3.8) is 0 Å². The van der Waals surface area contributed by atoms with Crippen LogP contribution >= 0.6 is 23.1 Å². The largest absolute Gasteiger partial charge is 0.495 e. The van der Waals surface area contributed by atoms with Gasteiger partial charge in [-0.3, -0.25) is 14.3 Å². The van der Waals surface area contributed by atoms with E-state index in [1.54, 1.807) is 30.0 Å². The van der Waals surface area contributed by atoms with E-state index in [1.165, 1.54) is 18.3 Å². The third-order valence-electron chi connectivity index (χ3n) is 4.50. The summed E-state index contributed by atoms with van der Waals surface area (Å²) in [6.45, 7) is 4.28. The van der Waals surface area contributed by atoms with Gasteiger partial charge in [0.25, 0.3) is 0 Å². The number of hydrogen-bond acceptors (Lipinski definition) is 8. The van der Waals surface area contributed by atoms with Gasteiger partial charge >= 0.3 is 0 Å². The van der Waals surface area contributed by atoms with Gasteiger partial charge in [-0.1, -0.05) is 23.9 Å². The van der Waals surface area contributed by atoms with Crippen LogP contribution in [0.25, 0.3) is 11.6 Å². The second-order valence-corrected chi connectivity index (χ2v) is 8.24. The topological polar surface area (TPSA) is 86.3 Å². The van der Waals surface area contributed by atoms with Gasteiger partial charge in [-0.15, -0.1) is 21.5 Å². The molecule has 8 nitrogen and oxygen atoms in total. The van der Waals surface area contributed by atoms with Crippen molar-refractivity contribution in [2.24, 2.45) is 0 Å². The van der Waals surface area contributed by atoms with Gasteiger partial charge in [0, 0.05) is 24.6 Å². The predicted molar refractivity (Wildman–Crippen MR) is 121 cm³/mol. The standard InChI is InChI=1S/C21H21N5O3S2/c1-4-25-19(18-10-7-11-29-18)23-24-21(25)31-13-15-12-30-20(22-15)26(14(2)27)16-8-5-6-9-17(16)28-3/h5-12H,4,13H2,1-3H3. The van der Waals surface area contributed by atoms with Gasteiger partial charge in [0.1, 0.15) is 5.75 Å². The number of aromatic nitrogens is 4. The Bertz CT molecular complexity index is 1170. The molecule has 1 amide bonds. The minimum absolute atomic E-state index is 0.133. The number of hydrogen-bond donors (Lipinski definition) is 0. The summed E-state index contributed by atoms with van der Waals surface area (Å²) in [5.41, 5.74) is 1.52. The van der Waals surface area contributed by atoms with Crippen LogP contribution in [0.3, 0.4) is 0 Å². The first kappa shape index (κ1) is 21.1. The van der Waals surface area contributed by atoms with E-state index < -0.39 is 0 Å². The average molecular weight is 456 g/mol. The molecule has 0 aliphatic rings. The highest BCUT2D eigenvalue weighted by atomic mass is 32.2. The fourth-order valence-corrected chi connectivity index (χ4v) is 4.97. The van der Waals surface area contributed by atoms with E-state index in [1.807, 2.05) is 53.3 Å². The van der Waals surface area contributed by atoms with Gasteiger partial charge in [-0.25, -0.2) is 4.98 Å². The number of ether oxygens (including phenoxy) is 1. The molecule has 4 rings (SSSR count). The number of rotatable bonds is 8. The average Bonchev–Trinajstić information content (AvgIpc) is 3.53. The maximum absolute atomic E-state index is 12.4. The molecule has 160 valence electrons. The van der Waals surface area contributed by atoms with Crippen LogP contribution in [0.2, 0.25) is 0 Å². The van der Waals surface area contributed by atoms with E-state index in [2.05, 4.69) is 15.2 Å². The monoisotopic (exact) mass is 455 g/mol. The zero-order valence-corrected chi connectivity index (χ0v) is 18.9. The normalized spacial score (nSPS) is 10.9. The van der Waals surface area contributed by atoms with Crippen molar-refractivity contribution in [3.8, 4) is 17.3 Å². The summed E-state index contributed by atoms with van der Waals surface area (Å²) >= 11 is 2.96. The summed E-state index contributed by atoms with van der Waals surface area (Å²) < 4.78 is 12.9. The van der Waals surface area contributed by atoms with E-state index in [9.17, 15) is 4.79 Å². The lowest BCUT2D eigenvalue weighted by Crippen LogP contribution is -2.23. The van der Waals surface area contributed by atoms with E-state index in [0.29, 0.717) is 33.9 Å². The third-order valence-corrected chi connectivity index (χ3v) is 6.37. The highest BCUT2D eigenvalue weighted by Gasteiger charge is 2.22. The molecule has 0 aliphatic heterocycles. The zero-order valence-electron chi connectivity index (χ0n) is 17.3. The maximum Gasteiger partial charge on any atom is 0.230 e. The van der Waals surface area contributed by atoms with Crippen LogP contribution < -0.4 is 9.64 Å². The first-order valence-corrected chi connectivity index (χ1v) is 11.5. The van der Waals surface area contributed by atoms with Crippen molar-refractivity contribution in [2.45, 2.75) is 31.3 Å². The number of carbonyl (C=O) groups excluding carboxylic acids is 1. The fraction of sp³-hybridized carbons (Fsp3) is 0.238. The van der Waals surface area contributed by atoms with Crippen molar-refractivity contribution in [3.05, 3.63) is 53.7 Å². The molecule has 31 heavy (non-hydrogen) atoms. The number of nitrogens with zero attached hydrogens (tertiary/aromatic N) is 5. The number of carbonyl (C=O) groups is 1. The zero-order chi connectivity index (χ0) is 21.8. The van der Waals surface area contributed by atoms with Gasteiger partial charge < -0.3 is 9.15 Å². The van der Waals surface area contributed by atoms with E-state index in [0.717, 1.165) is 17.4 Å². The minimum Gasteiger partial charge on any atom is -0.495 e. The SMILES string of the molecule is CCn1c(SCc2csc(N(C(C)=O)c3ccccc3OC)n2)nnc1-c1ccco1. The van der Waals surface area contributed by atoms with Crippen molar-refractivity contribution in [2.75, 3.05) is 12.0 Å².